The van der Waals surface area contributed by atoms with Crippen LogP contribution in [0.3, 0.4) is 0 Å². The van der Waals surface area contributed by atoms with Gasteiger partial charge in [-0.05, 0) is 43.9 Å². The van der Waals surface area contributed by atoms with Crippen molar-refractivity contribution in [3.8, 4) is 0 Å². The summed E-state index contributed by atoms with van der Waals surface area (Å²) in [6, 6.07) is 6.88. The van der Waals surface area contributed by atoms with Gasteiger partial charge in [-0.3, -0.25) is 0 Å². The van der Waals surface area contributed by atoms with Gasteiger partial charge in [-0.25, -0.2) is 0 Å². The molecular weight excluding hydrogens is 198 g/mol. The fourth-order valence-corrected chi connectivity index (χ4v) is 2.48. The maximum atomic E-state index is 5.25. The van der Waals surface area contributed by atoms with Crippen LogP contribution in [0.25, 0.3) is 0 Å². The van der Waals surface area contributed by atoms with Gasteiger partial charge in [-0.1, -0.05) is 12.1 Å². The van der Waals surface area contributed by atoms with E-state index in [-0.39, 0.29) is 5.54 Å². The van der Waals surface area contributed by atoms with E-state index in [1.807, 2.05) is 0 Å². The van der Waals surface area contributed by atoms with Gasteiger partial charge >= 0.3 is 0 Å². The maximum absolute atomic E-state index is 5.25. The molecular formula is C14H19NO. The third-order valence-corrected chi connectivity index (χ3v) is 3.74. The van der Waals surface area contributed by atoms with E-state index in [1.54, 1.807) is 0 Å². The molecule has 1 aromatic rings. The molecule has 0 unspecified atom stereocenters. The second-order valence-electron chi connectivity index (χ2n) is 5.66. The fourth-order valence-electron chi connectivity index (χ4n) is 2.48. The Morgan fingerprint density at radius 1 is 1.31 bits per heavy atom. The lowest BCUT2D eigenvalue weighted by atomic mass is 9.87. The summed E-state index contributed by atoms with van der Waals surface area (Å²) in [6.45, 7) is 6.33. The van der Waals surface area contributed by atoms with Crippen molar-refractivity contribution in [2.75, 3.05) is 18.5 Å². The second kappa shape index (κ2) is 3.49. The molecule has 2 aliphatic heterocycles. The average molecular weight is 217 g/mol. The second-order valence-corrected chi connectivity index (χ2v) is 5.66. The lowest BCUT2D eigenvalue weighted by molar-refractivity contribution is 0.00843. The van der Waals surface area contributed by atoms with Crippen molar-refractivity contribution >= 4 is 5.69 Å². The highest BCUT2D eigenvalue weighted by molar-refractivity contribution is 5.57. The quantitative estimate of drug-likeness (QED) is 0.781. The summed E-state index contributed by atoms with van der Waals surface area (Å²) in [4.78, 5) is 0. The van der Waals surface area contributed by atoms with Gasteiger partial charge in [0, 0.05) is 17.1 Å². The Hall–Kier alpha value is -1.02. The third kappa shape index (κ3) is 1.71. The van der Waals surface area contributed by atoms with E-state index in [4.69, 9.17) is 4.74 Å². The highest BCUT2D eigenvalue weighted by Crippen LogP contribution is 2.34. The van der Waals surface area contributed by atoms with E-state index in [0.717, 1.165) is 13.2 Å². The summed E-state index contributed by atoms with van der Waals surface area (Å²) < 4.78 is 5.25. The summed E-state index contributed by atoms with van der Waals surface area (Å²) >= 11 is 0. The first-order chi connectivity index (χ1) is 7.64. The van der Waals surface area contributed by atoms with Crippen LogP contribution >= 0.6 is 0 Å². The molecule has 2 nitrogen and oxygen atoms in total. The number of aryl methyl sites for hydroxylation is 1. The van der Waals surface area contributed by atoms with Crippen LogP contribution in [0.1, 0.15) is 37.3 Å². The van der Waals surface area contributed by atoms with Crippen molar-refractivity contribution in [3.05, 3.63) is 29.3 Å². The van der Waals surface area contributed by atoms with Gasteiger partial charge in [0.05, 0.1) is 13.2 Å². The van der Waals surface area contributed by atoms with Crippen molar-refractivity contribution in [1.82, 2.24) is 0 Å². The number of hydrogen-bond donors (Lipinski definition) is 1. The van der Waals surface area contributed by atoms with Gasteiger partial charge in [-0.15, -0.1) is 0 Å². The summed E-state index contributed by atoms with van der Waals surface area (Å²) in [5, 5.41) is 3.64. The number of ether oxygens (including phenoxy) is 1. The van der Waals surface area contributed by atoms with E-state index in [9.17, 15) is 0 Å². The first-order valence-electron chi connectivity index (χ1n) is 6.13. The highest BCUT2D eigenvalue weighted by atomic mass is 16.5. The Labute approximate surface area is 97.0 Å². The van der Waals surface area contributed by atoms with E-state index in [2.05, 4.69) is 37.4 Å². The predicted octanol–water partition coefficient (Wildman–Crippen LogP) is 2.94. The Kier molecular flexibility index (Phi) is 2.21. The van der Waals surface area contributed by atoms with Gasteiger partial charge in [0.1, 0.15) is 0 Å². The summed E-state index contributed by atoms with van der Waals surface area (Å²) in [6.07, 6.45) is 2.41. The van der Waals surface area contributed by atoms with Crippen molar-refractivity contribution in [1.29, 1.82) is 0 Å². The monoisotopic (exact) mass is 217 g/mol. The van der Waals surface area contributed by atoms with Crippen LogP contribution in [0.5, 0.6) is 0 Å². The number of fused-ring (bicyclic) bond motifs is 1. The smallest absolute Gasteiger partial charge is 0.0557 e. The molecule has 0 spiro atoms. The van der Waals surface area contributed by atoms with Crippen LogP contribution in [0.2, 0.25) is 0 Å². The zero-order valence-corrected chi connectivity index (χ0v) is 10.0. The Morgan fingerprint density at radius 3 is 2.81 bits per heavy atom. The van der Waals surface area contributed by atoms with E-state index >= 15 is 0 Å². The molecule has 0 atom stereocenters. The van der Waals surface area contributed by atoms with Crippen LogP contribution in [-0.4, -0.2) is 18.8 Å². The Bertz CT molecular complexity index is 407. The average Bonchev–Trinajstić information content (AvgIpc) is 2.13. The largest absolute Gasteiger partial charge is 0.380 e. The third-order valence-electron chi connectivity index (χ3n) is 3.74. The van der Waals surface area contributed by atoms with Gasteiger partial charge < -0.3 is 10.1 Å². The van der Waals surface area contributed by atoms with Crippen molar-refractivity contribution in [3.63, 3.8) is 0 Å². The van der Waals surface area contributed by atoms with Gasteiger partial charge in [-0.2, -0.15) is 0 Å². The van der Waals surface area contributed by atoms with E-state index in [0.29, 0.717) is 5.92 Å². The van der Waals surface area contributed by atoms with Gasteiger partial charge in [0.2, 0.25) is 0 Å². The molecule has 0 aromatic heterocycles. The van der Waals surface area contributed by atoms with Gasteiger partial charge in [0.15, 0.2) is 0 Å². The molecule has 0 radical (unpaired) electrons. The van der Waals surface area contributed by atoms with E-state index < -0.39 is 0 Å². The lowest BCUT2D eigenvalue weighted by Gasteiger charge is -2.35. The summed E-state index contributed by atoms with van der Waals surface area (Å²) in [5.74, 6) is 0.622. The van der Waals surface area contributed by atoms with Gasteiger partial charge in [0.25, 0.3) is 0 Å². The molecule has 1 fully saturated rings. The zero-order chi connectivity index (χ0) is 11.2. The fraction of sp³-hybridized carbons (Fsp3) is 0.571. The van der Waals surface area contributed by atoms with Crippen LogP contribution in [-0.2, 0) is 11.2 Å². The molecule has 2 aliphatic rings. The molecule has 86 valence electrons. The number of benzene rings is 1. The van der Waals surface area contributed by atoms with Crippen LogP contribution < -0.4 is 5.32 Å². The number of nitrogens with one attached hydrogen (secondary N) is 1. The summed E-state index contributed by atoms with van der Waals surface area (Å²) in [5.41, 5.74) is 4.46. The molecule has 1 saturated heterocycles. The molecule has 0 saturated carbocycles. The molecule has 2 heterocycles. The maximum Gasteiger partial charge on any atom is 0.0557 e. The minimum Gasteiger partial charge on any atom is -0.380 e. The molecule has 16 heavy (non-hydrogen) atoms. The van der Waals surface area contributed by atoms with Crippen LogP contribution in [0, 0.1) is 0 Å². The SMILES string of the molecule is CC1(C)CCc2ccc(C3COC3)cc2N1. The number of hydrogen-bond acceptors (Lipinski definition) is 2. The number of rotatable bonds is 1. The molecule has 0 aliphatic carbocycles. The lowest BCUT2D eigenvalue weighted by Crippen LogP contribution is -2.35. The van der Waals surface area contributed by atoms with Crippen molar-refractivity contribution < 1.29 is 4.74 Å². The molecule has 1 aromatic carbocycles. The standard InChI is InChI=1S/C14H19NO/c1-14(2)6-5-10-3-4-11(7-13(10)15-14)12-8-16-9-12/h3-4,7,12,15H,5-6,8-9H2,1-2H3. The predicted molar refractivity (Wildman–Crippen MR) is 66.0 cm³/mol. The van der Waals surface area contributed by atoms with Crippen LogP contribution in [0.15, 0.2) is 18.2 Å². The zero-order valence-electron chi connectivity index (χ0n) is 10.0. The summed E-state index contributed by atoms with van der Waals surface area (Å²) in [7, 11) is 0. The molecule has 0 bridgehead atoms. The highest BCUT2D eigenvalue weighted by Gasteiger charge is 2.26. The van der Waals surface area contributed by atoms with Crippen molar-refractivity contribution in [2.45, 2.75) is 38.1 Å². The molecule has 2 heteroatoms. The Morgan fingerprint density at radius 2 is 2.12 bits per heavy atom. The first kappa shape index (κ1) is 10.2. The minimum absolute atomic E-state index is 0.238. The normalized spacial score (nSPS) is 23.1. The number of anilines is 1. The van der Waals surface area contributed by atoms with Crippen LogP contribution in [0.4, 0.5) is 5.69 Å². The minimum atomic E-state index is 0.238. The topological polar surface area (TPSA) is 21.3 Å². The molecule has 0 amide bonds. The van der Waals surface area contributed by atoms with E-state index in [1.165, 1.54) is 29.7 Å². The first-order valence-corrected chi connectivity index (χ1v) is 6.13. The Balaban J connectivity index is 1.91. The van der Waals surface area contributed by atoms with Crippen molar-refractivity contribution in [2.24, 2.45) is 0 Å². The molecule has 1 N–H and O–H groups in total. The molecule has 3 rings (SSSR count).